The maximum atomic E-state index is 13.3. The fourth-order valence-corrected chi connectivity index (χ4v) is 4.06. The Balaban J connectivity index is 1.35. The molecule has 2 N–H and O–H groups in total. The lowest BCUT2D eigenvalue weighted by Crippen LogP contribution is -2.41. The summed E-state index contributed by atoms with van der Waals surface area (Å²) < 4.78 is 51.7. The predicted molar refractivity (Wildman–Crippen MR) is 128 cm³/mol. The fraction of sp³-hybridized carbons (Fsp3) is 0.240. The maximum absolute atomic E-state index is 13.3. The van der Waals surface area contributed by atoms with Gasteiger partial charge in [0.15, 0.2) is 0 Å². The average Bonchev–Trinajstić information content (AvgIpc) is 3.57. The van der Waals surface area contributed by atoms with Crippen molar-refractivity contribution in [2.45, 2.75) is 32.3 Å². The van der Waals surface area contributed by atoms with E-state index in [1.54, 1.807) is 31.2 Å². The molecule has 14 heteroatoms. The van der Waals surface area contributed by atoms with E-state index >= 15 is 0 Å². The van der Waals surface area contributed by atoms with Crippen molar-refractivity contribution in [2.24, 2.45) is 0 Å². The van der Waals surface area contributed by atoms with E-state index in [9.17, 15) is 22.8 Å². The van der Waals surface area contributed by atoms with E-state index in [1.165, 1.54) is 23.4 Å². The molecule has 2 amide bonds. The van der Waals surface area contributed by atoms with E-state index in [1.807, 2.05) is 0 Å². The number of fused-ring (bicyclic) bond motifs is 1. The maximum Gasteiger partial charge on any atom is 0.573 e. The number of nitrogens with one attached hydrogen (secondary N) is 2. The number of alkyl halides is 3. The van der Waals surface area contributed by atoms with Gasteiger partial charge in [-0.3, -0.25) is 0 Å². The number of amides is 2. The Morgan fingerprint density at radius 2 is 1.90 bits per heavy atom. The summed E-state index contributed by atoms with van der Waals surface area (Å²) >= 11 is 0. The molecule has 1 atom stereocenters. The molecule has 5 rings (SSSR count). The quantitative estimate of drug-likeness (QED) is 0.330. The van der Waals surface area contributed by atoms with Gasteiger partial charge in [0.1, 0.15) is 11.8 Å². The van der Waals surface area contributed by atoms with Crippen molar-refractivity contribution in [2.75, 3.05) is 11.9 Å². The van der Waals surface area contributed by atoms with E-state index in [2.05, 4.69) is 30.2 Å². The summed E-state index contributed by atoms with van der Waals surface area (Å²) in [5.41, 5.74) is 2.68. The molecule has 39 heavy (non-hydrogen) atoms. The molecule has 2 aromatic heterocycles. The number of hydrogen-bond donors (Lipinski definition) is 2. The number of esters is 1. The lowest BCUT2D eigenvalue weighted by atomic mass is 10.0. The second-order valence-electron chi connectivity index (χ2n) is 8.43. The third-order valence-electron chi connectivity index (χ3n) is 5.88. The minimum Gasteiger partial charge on any atom is -0.462 e. The molecule has 0 radical (unpaired) electrons. The van der Waals surface area contributed by atoms with Crippen LogP contribution >= 0.6 is 0 Å². The highest BCUT2D eigenvalue weighted by Crippen LogP contribution is 2.33. The van der Waals surface area contributed by atoms with E-state index in [4.69, 9.17) is 9.26 Å². The molecule has 0 fully saturated rings. The van der Waals surface area contributed by atoms with Crippen LogP contribution in [0.3, 0.4) is 0 Å². The number of carbonyl (C=O) groups excluding carboxylic acids is 2. The van der Waals surface area contributed by atoms with E-state index in [0.717, 1.165) is 23.5 Å². The van der Waals surface area contributed by atoms with Gasteiger partial charge in [0.25, 0.3) is 0 Å². The molecule has 1 unspecified atom stereocenters. The number of benzene rings is 2. The monoisotopic (exact) mass is 542 g/mol. The molecule has 0 bridgehead atoms. The lowest BCUT2D eigenvalue weighted by Gasteiger charge is -2.32. The van der Waals surface area contributed by atoms with Gasteiger partial charge in [0.2, 0.25) is 11.7 Å². The first-order chi connectivity index (χ1) is 18.7. The number of nitrogens with zero attached hydrogens (tertiary/aromatic N) is 4. The van der Waals surface area contributed by atoms with Crippen LogP contribution in [0.5, 0.6) is 5.75 Å². The lowest BCUT2D eigenvalue weighted by molar-refractivity contribution is -0.274. The van der Waals surface area contributed by atoms with Crippen LogP contribution in [0.1, 0.15) is 40.6 Å². The summed E-state index contributed by atoms with van der Waals surface area (Å²) in [6, 6.07) is 10.1. The number of aromatic nitrogens is 4. The van der Waals surface area contributed by atoms with Gasteiger partial charge >= 0.3 is 18.4 Å². The minimum atomic E-state index is -4.81. The molecule has 0 aliphatic carbocycles. The van der Waals surface area contributed by atoms with Crippen molar-refractivity contribution in [3.8, 4) is 17.1 Å². The van der Waals surface area contributed by atoms with Gasteiger partial charge in [-0.2, -0.15) is 4.98 Å². The van der Waals surface area contributed by atoms with E-state index in [-0.39, 0.29) is 37.0 Å². The molecule has 202 valence electrons. The van der Waals surface area contributed by atoms with Gasteiger partial charge in [-0.25, -0.2) is 14.6 Å². The normalized spacial score (nSPS) is 15.0. The van der Waals surface area contributed by atoms with Crippen molar-refractivity contribution in [1.29, 1.82) is 0 Å². The van der Waals surface area contributed by atoms with Crippen molar-refractivity contribution >= 4 is 17.7 Å². The zero-order chi connectivity index (χ0) is 27.6. The van der Waals surface area contributed by atoms with Gasteiger partial charge in [-0.1, -0.05) is 5.16 Å². The highest BCUT2D eigenvalue weighted by Gasteiger charge is 2.36. The van der Waals surface area contributed by atoms with Gasteiger partial charge in [-0.05, 0) is 55.5 Å². The third kappa shape index (κ3) is 5.84. The number of rotatable bonds is 6. The van der Waals surface area contributed by atoms with Gasteiger partial charge in [0.05, 0.1) is 36.4 Å². The highest BCUT2D eigenvalue weighted by molar-refractivity contribution is 5.92. The van der Waals surface area contributed by atoms with Gasteiger partial charge in [-0.15, -0.1) is 13.2 Å². The zero-order valence-corrected chi connectivity index (χ0v) is 20.4. The van der Waals surface area contributed by atoms with Crippen LogP contribution in [0, 0.1) is 0 Å². The Kier molecular flexibility index (Phi) is 6.92. The standard InChI is InChI=1S/C25H21F3N6O5/c1-2-37-23(35)15-3-7-16(8-4-15)31-24(36)34-12-19-18(29-13-30-19)11-20(34)22-32-21(33-39-22)14-5-9-17(10-6-14)38-25(26,27)28/h3-10,13,20H,2,11-12H2,1H3,(H,29,30)(H,31,36). The third-order valence-corrected chi connectivity index (χ3v) is 5.88. The molecule has 1 aliphatic heterocycles. The number of imidazole rings is 1. The average molecular weight is 542 g/mol. The van der Waals surface area contributed by atoms with Crippen LogP contribution in [0.2, 0.25) is 0 Å². The van der Waals surface area contributed by atoms with Crippen LogP contribution in [0.25, 0.3) is 11.4 Å². The van der Waals surface area contributed by atoms with Gasteiger partial charge < -0.3 is 29.2 Å². The predicted octanol–water partition coefficient (Wildman–Crippen LogP) is 4.87. The van der Waals surface area contributed by atoms with Crippen LogP contribution in [-0.4, -0.2) is 50.0 Å². The van der Waals surface area contributed by atoms with Crippen molar-refractivity contribution in [1.82, 2.24) is 25.0 Å². The SMILES string of the molecule is CCOC(=O)c1ccc(NC(=O)N2Cc3[nH]cnc3CC2c2nc(-c3ccc(OC(F)(F)F)cc3)no2)cc1. The number of halogens is 3. The Morgan fingerprint density at radius 3 is 2.59 bits per heavy atom. The fourth-order valence-electron chi connectivity index (χ4n) is 4.06. The molecule has 0 saturated heterocycles. The number of ether oxygens (including phenoxy) is 2. The number of urea groups is 1. The first-order valence-corrected chi connectivity index (χ1v) is 11.8. The summed E-state index contributed by atoms with van der Waals surface area (Å²) in [7, 11) is 0. The minimum absolute atomic E-state index is 0.127. The molecular weight excluding hydrogens is 521 g/mol. The molecule has 4 aromatic rings. The molecule has 1 aliphatic rings. The first kappa shape index (κ1) is 25.8. The van der Waals surface area contributed by atoms with Crippen molar-refractivity contribution in [3.63, 3.8) is 0 Å². The van der Waals surface area contributed by atoms with Crippen LogP contribution < -0.4 is 10.1 Å². The van der Waals surface area contributed by atoms with E-state index in [0.29, 0.717) is 16.8 Å². The Bertz CT molecular complexity index is 1470. The summed E-state index contributed by atoms with van der Waals surface area (Å²) in [6.45, 7) is 2.13. The van der Waals surface area contributed by atoms with Crippen LogP contribution in [-0.2, 0) is 17.7 Å². The van der Waals surface area contributed by atoms with Crippen LogP contribution in [0.15, 0.2) is 59.4 Å². The smallest absolute Gasteiger partial charge is 0.462 e. The molecule has 0 saturated carbocycles. The van der Waals surface area contributed by atoms with Crippen molar-refractivity contribution < 1.29 is 36.8 Å². The summed E-state index contributed by atoms with van der Waals surface area (Å²) in [5, 5.41) is 6.75. The number of carbonyl (C=O) groups is 2. The summed E-state index contributed by atoms with van der Waals surface area (Å²) in [4.78, 5) is 38.4. The van der Waals surface area contributed by atoms with Crippen molar-refractivity contribution in [3.05, 3.63) is 77.7 Å². The largest absolute Gasteiger partial charge is 0.573 e. The van der Waals surface area contributed by atoms with E-state index < -0.39 is 24.4 Å². The highest BCUT2D eigenvalue weighted by atomic mass is 19.4. The number of H-pyrrole nitrogens is 1. The Labute approximate surface area is 218 Å². The second kappa shape index (κ2) is 10.5. The van der Waals surface area contributed by atoms with Gasteiger partial charge in [0, 0.05) is 17.7 Å². The molecule has 0 spiro atoms. The second-order valence-corrected chi connectivity index (χ2v) is 8.43. The Morgan fingerprint density at radius 1 is 1.15 bits per heavy atom. The molecule has 11 nitrogen and oxygen atoms in total. The number of aromatic amines is 1. The first-order valence-electron chi connectivity index (χ1n) is 11.8. The Hall–Kier alpha value is -4.88. The number of anilines is 1. The zero-order valence-electron chi connectivity index (χ0n) is 20.4. The van der Waals surface area contributed by atoms with Crippen LogP contribution in [0.4, 0.5) is 23.7 Å². The summed E-state index contributed by atoms with van der Waals surface area (Å²) in [6.07, 6.45) is -2.99. The molecular formula is C25H21F3N6O5. The topological polar surface area (TPSA) is 135 Å². The number of hydrogen-bond acceptors (Lipinski definition) is 8. The molecule has 3 heterocycles. The summed E-state index contributed by atoms with van der Waals surface area (Å²) in [5.74, 6) is -0.590. The molecule has 2 aromatic carbocycles.